The van der Waals surface area contributed by atoms with Gasteiger partial charge in [-0.15, -0.1) is 0 Å². The Hall–Kier alpha value is -1.59. The van der Waals surface area contributed by atoms with Gasteiger partial charge in [-0.25, -0.2) is 0 Å². The molecular weight excluding hydrogens is 244 g/mol. The van der Waals surface area contributed by atoms with Crippen LogP contribution >= 0.6 is 0 Å². The van der Waals surface area contributed by atoms with Gasteiger partial charge in [-0.2, -0.15) is 0 Å². The molecule has 1 atom stereocenters. The Labute approximate surface area is 113 Å². The topological polar surface area (TPSA) is 59.6 Å². The summed E-state index contributed by atoms with van der Waals surface area (Å²) in [6.07, 6.45) is 2.24. The van der Waals surface area contributed by atoms with Crippen molar-refractivity contribution < 1.29 is 14.3 Å². The molecule has 2 N–H and O–H groups in total. The molecule has 0 spiro atoms. The third-order valence-electron chi connectivity index (χ3n) is 3.08. The van der Waals surface area contributed by atoms with E-state index < -0.39 is 0 Å². The predicted octanol–water partition coefficient (Wildman–Crippen LogP) is 1.40. The van der Waals surface area contributed by atoms with Gasteiger partial charge < -0.3 is 20.1 Å². The molecule has 19 heavy (non-hydrogen) atoms. The number of anilines is 1. The number of hydrogen-bond acceptors (Lipinski definition) is 4. The Morgan fingerprint density at radius 2 is 2.32 bits per heavy atom. The molecule has 0 unspecified atom stereocenters. The van der Waals surface area contributed by atoms with Crippen LogP contribution in [0.15, 0.2) is 24.3 Å². The van der Waals surface area contributed by atoms with Crippen LogP contribution in [0.4, 0.5) is 5.69 Å². The molecule has 0 bridgehead atoms. The molecule has 5 nitrogen and oxygen atoms in total. The lowest BCUT2D eigenvalue weighted by atomic mass is 10.1. The van der Waals surface area contributed by atoms with Gasteiger partial charge in [0.15, 0.2) is 0 Å². The number of rotatable bonds is 5. The van der Waals surface area contributed by atoms with E-state index in [2.05, 4.69) is 10.6 Å². The number of benzene rings is 1. The summed E-state index contributed by atoms with van der Waals surface area (Å²) in [6, 6.07) is 7.32. The maximum Gasteiger partial charge on any atom is 0.250 e. The number of carbonyl (C=O) groups is 1. The first-order chi connectivity index (χ1) is 9.29. The van der Waals surface area contributed by atoms with Crippen LogP contribution in [0.3, 0.4) is 0 Å². The van der Waals surface area contributed by atoms with Gasteiger partial charge in [0.2, 0.25) is 5.91 Å². The molecule has 1 heterocycles. The van der Waals surface area contributed by atoms with E-state index in [-0.39, 0.29) is 18.6 Å². The van der Waals surface area contributed by atoms with Crippen LogP contribution in [0, 0.1) is 0 Å². The summed E-state index contributed by atoms with van der Waals surface area (Å²) >= 11 is 0. The lowest BCUT2D eigenvalue weighted by Crippen LogP contribution is -2.37. The van der Waals surface area contributed by atoms with E-state index in [0.29, 0.717) is 11.4 Å². The van der Waals surface area contributed by atoms with Gasteiger partial charge in [-0.1, -0.05) is 12.1 Å². The Morgan fingerprint density at radius 3 is 3.05 bits per heavy atom. The van der Waals surface area contributed by atoms with Crippen molar-refractivity contribution in [1.82, 2.24) is 5.32 Å². The Kier molecular flexibility index (Phi) is 5.18. The highest BCUT2D eigenvalue weighted by Crippen LogP contribution is 2.22. The van der Waals surface area contributed by atoms with Crippen LogP contribution in [0.25, 0.3) is 0 Å². The summed E-state index contributed by atoms with van der Waals surface area (Å²) in [4.78, 5) is 11.8. The van der Waals surface area contributed by atoms with Crippen LogP contribution in [0.2, 0.25) is 0 Å². The number of ether oxygens (including phenoxy) is 2. The zero-order chi connectivity index (χ0) is 13.5. The number of hydrogen-bond donors (Lipinski definition) is 2. The second kappa shape index (κ2) is 7.11. The first-order valence-corrected chi connectivity index (χ1v) is 6.55. The van der Waals surface area contributed by atoms with E-state index in [1.807, 2.05) is 18.2 Å². The highest BCUT2D eigenvalue weighted by molar-refractivity contribution is 5.93. The lowest BCUT2D eigenvalue weighted by Gasteiger charge is -2.22. The molecule has 0 aromatic heterocycles. The molecular formula is C14H20N2O3. The summed E-state index contributed by atoms with van der Waals surface area (Å²) in [5, 5.41) is 6.04. The van der Waals surface area contributed by atoms with Crippen molar-refractivity contribution in [2.24, 2.45) is 0 Å². The van der Waals surface area contributed by atoms with Gasteiger partial charge in [0.25, 0.3) is 0 Å². The standard InChI is InChI=1S/C14H20N2O3/c1-18-13-7-3-2-6-12(13)16-14(17)10-19-11-5-4-8-15-9-11/h2-3,6-7,11,15H,4-5,8-10H2,1H3,(H,16,17)/t11-/m0/s1. The Morgan fingerprint density at radius 1 is 1.47 bits per heavy atom. The minimum absolute atomic E-state index is 0.0738. The first-order valence-electron chi connectivity index (χ1n) is 6.55. The molecule has 0 aliphatic carbocycles. The largest absolute Gasteiger partial charge is 0.495 e. The molecule has 1 amide bonds. The van der Waals surface area contributed by atoms with Crippen molar-refractivity contribution in [2.45, 2.75) is 18.9 Å². The summed E-state index contributed by atoms with van der Waals surface area (Å²) in [5.41, 5.74) is 0.667. The minimum atomic E-state index is -0.157. The molecule has 1 fully saturated rings. The molecule has 1 aliphatic heterocycles. The molecule has 1 aliphatic rings. The average molecular weight is 264 g/mol. The smallest absolute Gasteiger partial charge is 0.250 e. The van der Waals surface area contributed by atoms with Crippen LogP contribution < -0.4 is 15.4 Å². The third kappa shape index (κ3) is 4.22. The summed E-state index contributed by atoms with van der Waals surface area (Å²) in [6.45, 7) is 1.93. The fraction of sp³-hybridized carbons (Fsp3) is 0.500. The Bertz CT molecular complexity index is 417. The van der Waals surface area contributed by atoms with Gasteiger partial charge in [-0.3, -0.25) is 4.79 Å². The zero-order valence-corrected chi connectivity index (χ0v) is 11.1. The molecule has 2 rings (SSSR count). The number of carbonyl (C=O) groups excluding carboxylic acids is 1. The van der Waals surface area contributed by atoms with Crippen molar-refractivity contribution in [3.63, 3.8) is 0 Å². The summed E-state index contributed by atoms with van der Waals surface area (Å²) in [7, 11) is 1.58. The average Bonchev–Trinajstić information content (AvgIpc) is 2.47. The minimum Gasteiger partial charge on any atom is -0.495 e. The van der Waals surface area contributed by atoms with Crippen molar-refractivity contribution in [2.75, 3.05) is 32.1 Å². The molecule has 1 aromatic rings. The van der Waals surface area contributed by atoms with E-state index in [1.165, 1.54) is 0 Å². The molecule has 0 saturated carbocycles. The van der Waals surface area contributed by atoms with Crippen LogP contribution in [-0.4, -0.2) is 38.8 Å². The number of para-hydroxylation sites is 2. The fourth-order valence-corrected chi connectivity index (χ4v) is 2.09. The maximum absolute atomic E-state index is 11.8. The van der Waals surface area contributed by atoms with Crippen molar-refractivity contribution in [3.05, 3.63) is 24.3 Å². The third-order valence-corrected chi connectivity index (χ3v) is 3.08. The number of nitrogens with one attached hydrogen (secondary N) is 2. The summed E-state index contributed by atoms with van der Waals surface area (Å²) in [5.74, 6) is 0.491. The SMILES string of the molecule is COc1ccccc1NC(=O)CO[C@H]1CCCNC1. The molecule has 1 saturated heterocycles. The summed E-state index contributed by atoms with van der Waals surface area (Å²) < 4.78 is 10.8. The van der Waals surface area contributed by atoms with E-state index in [0.717, 1.165) is 25.9 Å². The maximum atomic E-state index is 11.8. The monoisotopic (exact) mass is 264 g/mol. The quantitative estimate of drug-likeness (QED) is 0.844. The highest BCUT2D eigenvalue weighted by atomic mass is 16.5. The first kappa shape index (κ1) is 13.8. The number of piperidine rings is 1. The van der Waals surface area contributed by atoms with Crippen LogP contribution in [-0.2, 0) is 9.53 Å². The van der Waals surface area contributed by atoms with Gasteiger partial charge >= 0.3 is 0 Å². The molecule has 1 aromatic carbocycles. The van der Waals surface area contributed by atoms with Gasteiger partial charge in [-0.05, 0) is 31.5 Å². The van der Waals surface area contributed by atoms with E-state index in [1.54, 1.807) is 13.2 Å². The van der Waals surface area contributed by atoms with E-state index in [9.17, 15) is 4.79 Å². The van der Waals surface area contributed by atoms with Crippen molar-refractivity contribution in [1.29, 1.82) is 0 Å². The normalized spacial score (nSPS) is 18.9. The molecule has 5 heteroatoms. The van der Waals surface area contributed by atoms with E-state index >= 15 is 0 Å². The molecule has 0 radical (unpaired) electrons. The molecule has 104 valence electrons. The highest BCUT2D eigenvalue weighted by Gasteiger charge is 2.15. The predicted molar refractivity (Wildman–Crippen MR) is 73.5 cm³/mol. The lowest BCUT2D eigenvalue weighted by molar-refractivity contribution is -0.122. The van der Waals surface area contributed by atoms with Crippen molar-refractivity contribution >= 4 is 11.6 Å². The van der Waals surface area contributed by atoms with E-state index in [4.69, 9.17) is 9.47 Å². The fourth-order valence-electron chi connectivity index (χ4n) is 2.09. The second-order valence-corrected chi connectivity index (χ2v) is 4.53. The Balaban J connectivity index is 1.80. The van der Waals surface area contributed by atoms with Gasteiger partial charge in [0, 0.05) is 6.54 Å². The van der Waals surface area contributed by atoms with Crippen molar-refractivity contribution in [3.8, 4) is 5.75 Å². The van der Waals surface area contributed by atoms with Gasteiger partial charge in [0.05, 0.1) is 18.9 Å². The second-order valence-electron chi connectivity index (χ2n) is 4.53. The van der Waals surface area contributed by atoms with Gasteiger partial charge in [0.1, 0.15) is 12.4 Å². The number of methoxy groups -OCH3 is 1. The zero-order valence-electron chi connectivity index (χ0n) is 11.1. The number of amides is 1. The van der Waals surface area contributed by atoms with Crippen LogP contribution in [0.5, 0.6) is 5.75 Å². The van der Waals surface area contributed by atoms with Crippen LogP contribution in [0.1, 0.15) is 12.8 Å².